The van der Waals surface area contributed by atoms with Gasteiger partial charge in [-0.2, -0.15) is 0 Å². The van der Waals surface area contributed by atoms with Crippen molar-refractivity contribution < 1.29 is 15.0 Å². The van der Waals surface area contributed by atoms with E-state index in [-0.39, 0.29) is 5.56 Å². The van der Waals surface area contributed by atoms with Gasteiger partial charge in [0.1, 0.15) is 5.82 Å². The second-order valence-electron chi connectivity index (χ2n) is 4.97. The van der Waals surface area contributed by atoms with E-state index in [1.165, 1.54) is 12.1 Å². The third kappa shape index (κ3) is 2.98. The normalized spacial score (nSPS) is 17.7. The van der Waals surface area contributed by atoms with Crippen molar-refractivity contribution in [3.8, 4) is 0 Å². The molecule has 5 nitrogen and oxygen atoms in total. The molecule has 0 unspecified atom stereocenters. The molecule has 5 heteroatoms. The zero-order chi connectivity index (χ0) is 13.2. The molecule has 1 aromatic heterocycles. The summed E-state index contributed by atoms with van der Waals surface area (Å²) >= 11 is 0. The van der Waals surface area contributed by atoms with Gasteiger partial charge in [0.25, 0.3) is 0 Å². The third-order valence-electron chi connectivity index (χ3n) is 3.33. The lowest BCUT2D eigenvalue weighted by Crippen LogP contribution is -2.33. The third-order valence-corrected chi connectivity index (χ3v) is 3.33. The molecule has 0 saturated heterocycles. The highest BCUT2D eigenvalue weighted by Crippen LogP contribution is 2.29. The van der Waals surface area contributed by atoms with E-state index in [0.717, 1.165) is 25.7 Å². The maximum atomic E-state index is 10.9. The SMILES string of the molecule is Cc1cc(C(=O)O)cc(NCC2(O)CCCC2)n1. The first-order valence-corrected chi connectivity index (χ1v) is 6.17. The van der Waals surface area contributed by atoms with Gasteiger partial charge in [0.2, 0.25) is 0 Å². The van der Waals surface area contributed by atoms with Crippen LogP contribution in [-0.4, -0.2) is 33.3 Å². The smallest absolute Gasteiger partial charge is 0.335 e. The van der Waals surface area contributed by atoms with Crippen LogP contribution in [0, 0.1) is 6.92 Å². The van der Waals surface area contributed by atoms with E-state index in [1.54, 1.807) is 6.92 Å². The Hall–Kier alpha value is -1.62. The minimum Gasteiger partial charge on any atom is -0.478 e. The Balaban J connectivity index is 2.07. The van der Waals surface area contributed by atoms with Crippen LogP contribution in [0.5, 0.6) is 0 Å². The fraction of sp³-hybridized carbons (Fsp3) is 0.538. The van der Waals surface area contributed by atoms with Crippen molar-refractivity contribution in [2.75, 3.05) is 11.9 Å². The summed E-state index contributed by atoms with van der Waals surface area (Å²) in [5, 5.41) is 22.2. The van der Waals surface area contributed by atoms with Crippen molar-refractivity contribution in [3.63, 3.8) is 0 Å². The summed E-state index contributed by atoms with van der Waals surface area (Å²) < 4.78 is 0. The molecule has 3 N–H and O–H groups in total. The first-order chi connectivity index (χ1) is 8.48. The lowest BCUT2D eigenvalue weighted by atomic mass is 10.0. The molecule has 1 aliphatic rings. The number of aromatic nitrogens is 1. The van der Waals surface area contributed by atoms with Gasteiger partial charge in [-0.3, -0.25) is 0 Å². The monoisotopic (exact) mass is 250 g/mol. The van der Waals surface area contributed by atoms with Crippen LogP contribution in [0.15, 0.2) is 12.1 Å². The number of carbonyl (C=O) groups is 1. The molecule has 18 heavy (non-hydrogen) atoms. The van der Waals surface area contributed by atoms with Gasteiger partial charge in [-0.1, -0.05) is 12.8 Å². The molecule has 1 heterocycles. The van der Waals surface area contributed by atoms with Crippen LogP contribution >= 0.6 is 0 Å². The maximum absolute atomic E-state index is 10.9. The second kappa shape index (κ2) is 4.94. The molecule has 0 atom stereocenters. The molecule has 0 radical (unpaired) electrons. The van der Waals surface area contributed by atoms with E-state index in [9.17, 15) is 9.90 Å². The predicted octanol–water partition coefficient (Wildman–Crippen LogP) is 1.81. The molecular formula is C13H18N2O3. The molecule has 0 amide bonds. The highest BCUT2D eigenvalue weighted by Gasteiger charge is 2.30. The van der Waals surface area contributed by atoms with E-state index >= 15 is 0 Å². The number of carboxylic acids is 1. The van der Waals surface area contributed by atoms with Crippen LogP contribution in [0.2, 0.25) is 0 Å². The first kappa shape index (κ1) is 12.8. The fourth-order valence-electron chi connectivity index (χ4n) is 2.35. The summed E-state index contributed by atoms with van der Waals surface area (Å²) in [5.74, 6) is -0.462. The molecular weight excluding hydrogens is 232 g/mol. The van der Waals surface area contributed by atoms with E-state index < -0.39 is 11.6 Å². The van der Waals surface area contributed by atoms with Crippen LogP contribution in [-0.2, 0) is 0 Å². The second-order valence-corrected chi connectivity index (χ2v) is 4.97. The molecule has 0 aliphatic heterocycles. The largest absolute Gasteiger partial charge is 0.478 e. The first-order valence-electron chi connectivity index (χ1n) is 6.17. The lowest BCUT2D eigenvalue weighted by molar-refractivity contribution is 0.0614. The lowest BCUT2D eigenvalue weighted by Gasteiger charge is -2.22. The molecule has 1 aliphatic carbocycles. The minimum absolute atomic E-state index is 0.211. The van der Waals surface area contributed by atoms with E-state index in [2.05, 4.69) is 10.3 Å². The zero-order valence-corrected chi connectivity index (χ0v) is 10.4. The number of nitrogens with zero attached hydrogens (tertiary/aromatic N) is 1. The fourth-order valence-corrected chi connectivity index (χ4v) is 2.35. The van der Waals surface area contributed by atoms with Gasteiger partial charge in [0.05, 0.1) is 11.2 Å². The number of aryl methyl sites for hydroxylation is 1. The van der Waals surface area contributed by atoms with Crippen LogP contribution in [0.3, 0.4) is 0 Å². The standard InChI is InChI=1S/C13H18N2O3/c1-9-6-10(12(16)17)7-11(15-9)14-8-13(18)4-2-3-5-13/h6-7,18H,2-5,8H2,1H3,(H,14,15)(H,16,17). The highest BCUT2D eigenvalue weighted by atomic mass is 16.4. The number of aliphatic hydroxyl groups is 1. The zero-order valence-electron chi connectivity index (χ0n) is 10.4. The molecule has 2 rings (SSSR count). The van der Waals surface area contributed by atoms with Gasteiger partial charge in [0.15, 0.2) is 0 Å². The van der Waals surface area contributed by atoms with Crippen molar-refractivity contribution >= 4 is 11.8 Å². The van der Waals surface area contributed by atoms with E-state index in [4.69, 9.17) is 5.11 Å². The Bertz CT molecular complexity index is 454. The Morgan fingerprint density at radius 3 is 2.72 bits per heavy atom. The average Bonchev–Trinajstić information content (AvgIpc) is 2.73. The predicted molar refractivity (Wildman–Crippen MR) is 67.8 cm³/mol. The summed E-state index contributed by atoms with van der Waals surface area (Å²) in [6, 6.07) is 3.02. The highest BCUT2D eigenvalue weighted by molar-refractivity contribution is 5.88. The number of carboxylic acid groups (broad SMARTS) is 1. The molecule has 0 aromatic carbocycles. The number of anilines is 1. The van der Waals surface area contributed by atoms with Gasteiger partial charge in [-0.05, 0) is 31.9 Å². The number of rotatable bonds is 4. The quantitative estimate of drug-likeness (QED) is 0.759. The van der Waals surface area contributed by atoms with Crippen molar-refractivity contribution in [1.29, 1.82) is 0 Å². The van der Waals surface area contributed by atoms with E-state index in [1.807, 2.05) is 0 Å². The minimum atomic E-state index is -0.969. The van der Waals surface area contributed by atoms with Crippen molar-refractivity contribution in [3.05, 3.63) is 23.4 Å². The molecule has 1 aromatic rings. The Morgan fingerprint density at radius 2 is 2.11 bits per heavy atom. The van der Waals surface area contributed by atoms with E-state index in [0.29, 0.717) is 18.1 Å². The Labute approximate surface area is 106 Å². The molecule has 0 bridgehead atoms. The Morgan fingerprint density at radius 1 is 1.44 bits per heavy atom. The van der Waals surface area contributed by atoms with Gasteiger partial charge in [-0.15, -0.1) is 0 Å². The molecule has 0 spiro atoms. The van der Waals surface area contributed by atoms with Crippen molar-refractivity contribution in [2.45, 2.75) is 38.2 Å². The number of aromatic carboxylic acids is 1. The average molecular weight is 250 g/mol. The van der Waals surface area contributed by atoms with Gasteiger partial charge in [-0.25, -0.2) is 9.78 Å². The van der Waals surface area contributed by atoms with Crippen LogP contribution in [0.25, 0.3) is 0 Å². The summed E-state index contributed by atoms with van der Waals surface area (Å²) in [6.07, 6.45) is 3.66. The van der Waals surface area contributed by atoms with Gasteiger partial charge < -0.3 is 15.5 Å². The van der Waals surface area contributed by atoms with Crippen molar-refractivity contribution in [2.24, 2.45) is 0 Å². The Kier molecular flexibility index (Phi) is 3.52. The summed E-state index contributed by atoms with van der Waals surface area (Å²) in [6.45, 7) is 2.17. The number of hydrogen-bond acceptors (Lipinski definition) is 4. The van der Waals surface area contributed by atoms with Gasteiger partial charge in [0, 0.05) is 12.2 Å². The van der Waals surface area contributed by atoms with Gasteiger partial charge >= 0.3 is 5.97 Å². The van der Waals surface area contributed by atoms with Crippen molar-refractivity contribution in [1.82, 2.24) is 4.98 Å². The molecule has 1 fully saturated rings. The number of nitrogens with one attached hydrogen (secondary N) is 1. The maximum Gasteiger partial charge on any atom is 0.335 e. The topological polar surface area (TPSA) is 82.5 Å². The molecule has 98 valence electrons. The number of hydrogen-bond donors (Lipinski definition) is 3. The van der Waals surface area contributed by atoms with Crippen LogP contribution in [0.1, 0.15) is 41.7 Å². The summed E-state index contributed by atoms with van der Waals surface area (Å²) in [4.78, 5) is 15.1. The summed E-state index contributed by atoms with van der Waals surface area (Å²) in [5.41, 5.74) is 0.189. The van der Waals surface area contributed by atoms with Crippen LogP contribution < -0.4 is 5.32 Å². The molecule has 1 saturated carbocycles. The van der Waals surface area contributed by atoms with Crippen LogP contribution in [0.4, 0.5) is 5.82 Å². The number of pyridine rings is 1. The summed E-state index contributed by atoms with van der Waals surface area (Å²) in [7, 11) is 0.